The molecule has 1 aliphatic heterocycles. The molecule has 0 unspecified atom stereocenters. The SMILES string of the molecule is COc1cc(C=Nn2c(-c3cccc(C(F)(F)F)c3)nc3ccccc3c2=O)ccc1OCC(=O)N1CCOCC1. The average Bonchev–Trinajstić information content (AvgIpc) is 2.99. The van der Waals surface area contributed by atoms with Crippen LogP contribution in [-0.4, -0.2) is 66.7 Å². The maximum Gasteiger partial charge on any atom is 0.416 e. The van der Waals surface area contributed by atoms with Gasteiger partial charge in [0, 0.05) is 18.7 Å². The Morgan fingerprint density at radius 1 is 1.05 bits per heavy atom. The van der Waals surface area contributed by atoms with Gasteiger partial charge in [0.2, 0.25) is 0 Å². The van der Waals surface area contributed by atoms with Crippen molar-refractivity contribution in [3.63, 3.8) is 0 Å². The summed E-state index contributed by atoms with van der Waals surface area (Å²) in [5.74, 6) is 0.433. The highest BCUT2D eigenvalue weighted by Crippen LogP contribution is 2.32. The van der Waals surface area contributed by atoms with E-state index in [1.54, 1.807) is 47.4 Å². The normalized spacial score (nSPS) is 14.0. The van der Waals surface area contributed by atoms with Gasteiger partial charge in [0.25, 0.3) is 11.5 Å². The molecule has 9 nitrogen and oxygen atoms in total. The van der Waals surface area contributed by atoms with Crippen molar-refractivity contribution in [2.45, 2.75) is 6.18 Å². The molecule has 4 aromatic rings. The van der Waals surface area contributed by atoms with E-state index in [-0.39, 0.29) is 29.3 Å². The average molecular weight is 567 g/mol. The van der Waals surface area contributed by atoms with E-state index in [0.29, 0.717) is 48.9 Å². The van der Waals surface area contributed by atoms with E-state index in [4.69, 9.17) is 14.2 Å². The minimum Gasteiger partial charge on any atom is -0.493 e. The van der Waals surface area contributed by atoms with Crippen molar-refractivity contribution in [1.29, 1.82) is 0 Å². The van der Waals surface area contributed by atoms with Crippen LogP contribution >= 0.6 is 0 Å². The quantitative estimate of drug-likeness (QED) is 0.311. The number of alkyl halides is 3. The van der Waals surface area contributed by atoms with Crippen molar-refractivity contribution in [3.8, 4) is 22.9 Å². The van der Waals surface area contributed by atoms with Crippen molar-refractivity contribution >= 4 is 23.0 Å². The molecule has 3 aromatic carbocycles. The Hall–Kier alpha value is -4.71. The van der Waals surface area contributed by atoms with Crippen molar-refractivity contribution < 1.29 is 32.2 Å². The molecular weight excluding hydrogens is 541 g/mol. The lowest BCUT2D eigenvalue weighted by Gasteiger charge is -2.26. The third-order valence-corrected chi connectivity index (χ3v) is 6.43. The van der Waals surface area contributed by atoms with Crippen LogP contribution in [0, 0.1) is 0 Å². The highest BCUT2D eigenvalue weighted by atomic mass is 19.4. The molecule has 0 N–H and O–H groups in total. The van der Waals surface area contributed by atoms with Crippen LogP contribution in [0.25, 0.3) is 22.3 Å². The van der Waals surface area contributed by atoms with Crippen LogP contribution in [0.5, 0.6) is 11.5 Å². The summed E-state index contributed by atoms with van der Waals surface area (Å²) in [5.41, 5.74) is -0.519. The van der Waals surface area contributed by atoms with Crippen LogP contribution in [0.1, 0.15) is 11.1 Å². The maximum absolute atomic E-state index is 13.4. The number of aromatic nitrogens is 2. The van der Waals surface area contributed by atoms with E-state index >= 15 is 0 Å². The monoisotopic (exact) mass is 566 g/mol. The molecule has 0 radical (unpaired) electrons. The van der Waals surface area contributed by atoms with Crippen molar-refractivity contribution in [2.24, 2.45) is 5.10 Å². The van der Waals surface area contributed by atoms with Gasteiger partial charge in [-0.25, -0.2) is 4.98 Å². The summed E-state index contributed by atoms with van der Waals surface area (Å²) >= 11 is 0. The molecule has 212 valence electrons. The standard InChI is InChI=1S/C29H25F3N4O5/c1-39-25-15-19(9-10-24(25)41-18-26(37)35-11-13-40-14-12-35)17-33-36-27(20-5-4-6-21(16-20)29(30,31)32)34-23-8-3-2-7-22(23)28(36)38/h2-10,15-17H,11-14,18H2,1H3. The molecule has 0 saturated carbocycles. The predicted octanol–water partition coefficient (Wildman–Crippen LogP) is 4.21. The summed E-state index contributed by atoms with van der Waals surface area (Å²) in [6.07, 6.45) is -3.21. The molecule has 0 spiro atoms. The number of rotatable bonds is 7. The molecule has 1 amide bonds. The van der Waals surface area contributed by atoms with Crippen LogP contribution < -0.4 is 15.0 Å². The second kappa shape index (κ2) is 11.8. The number of halogens is 3. The van der Waals surface area contributed by atoms with Gasteiger partial charge in [0.05, 0.1) is 43.0 Å². The fraction of sp³-hybridized carbons (Fsp3) is 0.241. The molecule has 0 bridgehead atoms. The Kier molecular flexibility index (Phi) is 8.02. The zero-order valence-corrected chi connectivity index (χ0v) is 21.9. The van der Waals surface area contributed by atoms with E-state index < -0.39 is 17.3 Å². The van der Waals surface area contributed by atoms with Gasteiger partial charge < -0.3 is 19.1 Å². The van der Waals surface area contributed by atoms with E-state index in [9.17, 15) is 22.8 Å². The molecule has 2 heterocycles. The Labute approximate surface area is 232 Å². The molecule has 1 saturated heterocycles. The number of fused-ring (bicyclic) bond motifs is 1. The Morgan fingerprint density at radius 3 is 2.59 bits per heavy atom. The first-order chi connectivity index (χ1) is 19.7. The molecule has 0 aliphatic carbocycles. The summed E-state index contributed by atoms with van der Waals surface area (Å²) in [7, 11) is 1.44. The molecule has 1 fully saturated rings. The van der Waals surface area contributed by atoms with E-state index in [1.165, 1.54) is 25.5 Å². The molecule has 0 atom stereocenters. The van der Waals surface area contributed by atoms with Crippen LogP contribution in [0.4, 0.5) is 13.2 Å². The molecule has 41 heavy (non-hydrogen) atoms. The lowest BCUT2D eigenvalue weighted by atomic mass is 10.1. The van der Waals surface area contributed by atoms with Crippen molar-refractivity contribution in [2.75, 3.05) is 40.0 Å². The van der Waals surface area contributed by atoms with Crippen molar-refractivity contribution in [1.82, 2.24) is 14.6 Å². The van der Waals surface area contributed by atoms with Gasteiger partial charge in [-0.1, -0.05) is 24.3 Å². The fourth-order valence-electron chi connectivity index (χ4n) is 4.30. The number of hydrogen-bond acceptors (Lipinski definition) is 7. The van der Waals surface area contributed by atoms with E-state index in [1.807, 2.05) is 0 Å². The van der Waals surface area contributed by atoms with Gasteiger partial charge in [0.15, 0.2) is 23.9 Å². The number of benzene rings is 3. The number of methoxy groups -OCH3 is 1. The minimum atomic E-state index is -4.57. The maximum atomic E-state index is 13.4. The predicted molar refractivity (Wildman–Crippen MR) is 145 cm³/mol. The number of morpholine rings is 1. The number of para-hydroxylation sites is 1. The topological polar surface area (TPSA) is 95.2 Å². The van der Waals surface area contributed by atoms with Crippen LogP contribution in [-0.2, 0) is 15.7 Å². The Balaban J connectivity index is 1.46. The number of hydrogen-bond donors (Lipinski definition) is 0. The summed E-state index contributed by atoms with van der Waals surface area (Å²) in [5, 5.41) is 4.56. The van der Waals surface area contributed by atoms with Gasteiger partial charge in [0.1, 0.15) is 0 Å². The highest BCUT2D eigenvalue weighted by molar-refractivity contribution is 5.83. The second-order valence-corrected chi connectivity index (χ2v) is 9.08. The Morgan fingerprint density at radius 2 is 1.83 bits per heavy atom. The number of amides is 1. The zero-order chi connectivity index (χ0) is 29.0. The van der Waals surface area contributed by atoms with Crippen LogP contribution in [0.3, 0.4) is 0 Å². The van der Waals surface area contributed by atoms with Gasteiger partial charge in [-0.3, -0.25) is 9.59 Å². The van der Waals surface area contributed by atoms with Gasteiger partial charge in [-0.15, -0.1) is 0 Å². The first kappa shape index (κ1) is 27.8. The van der Waals surface area contributed by atoms with Gasteiger partial charge >= 0.3 is 6.18 Å². The van der Waals surface area contributed by atoms with E-state index in [2.05, 4.69) is 10.1 Å². The smallest absolute Gasteiger partial charge is 0.416 e. The van der Waals surface area contributed by atoms with Crippen LogP contribution in [0.15, 0.2) is 76.6 Å². The Bertz CT molecular complexity index is 1660. The first-order valence-electron chi connectivity index (χ1n) is 12.6. The molecule has 12 heteroatoms. The number of ether oxygens (including phenoxy) is 3. The lowest BCUT2D eigenvalue weighted by Crippen LogP contribution is -2.43. The number of carbonyl (C=O) groups excluding carboxylic acids is 1. The minimum absolute atomic E-state index is 0.0513. The first-order valence-corrected chi connectivity index (χ1v) is 12.6. The third-order valence-electron chi connectivity index (χ3n) is 6.43. The largest absolute Gasteiger partial charge is 0.493 e. The number of carbonyl (C=O) groups is 1. The summed E-state index contributed by atoms with van der Waals surface area (Å²) in [6.45, 7) is 1.78. The molecule has 5 rings (SSSR count). The lowest BCUT2D eigenvalue weighted by molar-refractivity contribution is -0.138. The summed E-state index contributed by atoms with van der Waals surface area (Å²) in [6, 6.07) is 15.9. The molecule has 1 aliphatic rings. The third kappa shape index (κ3) is 6.22. The van der Waals surface area contributed by atoms with Gasteiger partial charge in [-0.2, -0.15) is 22.9 Å². The summed E-state index contributed by atoms with van der Waals surface area (Å²) < 4.78 is 57.6. The fourth-order valence-corrected chi connectivity index (χ4v) is 4.30. The van der Waals surface area contributed by atoms with Crippen LogP contribution in [0.2, 0.25) is 0 Å². The molecule has 1 aromatic heterocycles. The zero-order valence-electron chi connectivity index (χ0n) is 21.9. The highest BCUT2D eigenvalue weighted by Gasteiger charge is 2.31. The van der Waals surface area contributed by atoms with E-state index in [0.717, 1.165) is 16.8 Å². The summed E-state index contributed by atoms with van der Waals surface area (Å²) in [4.78, 5) is 31.9. The number of nitrogens with zero attached hydrogens (tertiary/aromatic N) is 4. The van der Waals surface area contributed by atoms with Gasteiger partial charge in [-0.05, 0) is 48.0 Å². The second-order valence-electron chi connectivity index (χ2n) is 9.08. The molecular formula is C29H25F3N4O5. The van der Waals surface area contributed by atoms with Crippen molar-refractivity contribution in [3.05, 3.63) is 88.2 Å².